The van der Waals surface area contributed by atoms with Gasteiger partial charge in [-0.05, 0) is 24.8 Å². The molecule has 1 saturated carbocycles. The van der Waals surface area contributed by atoms with Gasteiger partial charge in [-0.3, -0.25) is 9.69 Å². The van der Waals surface area contributed by atoms with Crippen LogP contribution in [0.15, 0.2) is 30.3 Å². The zero-order valence-corrected chi connectivity index (χ0v) is 14.7. The van der Waals surface area contributed by atoms with Crippen molar-refractivity contribution < 1.29 is 4.79 Å². The molecule has 1 amide bonds. The lowest BCUT2D eigenvalue weighted by Gasteiger charge is -2.33. The lowest BCUT2D eigenvalue weighted by Crippen LogP contribution is -2.40. The van der Waals surface area contributed by atoms with E-state index in [1.807, 2.05) is 35.2 Å². The van der Waals surface area contributed by atoms with Gasteiger partial charge < -0.3 is 10.6 Å². The van der Waals surface area contributed by atoms with Crippen molar-refractivity contribution in [3.63, 3.8) is 0 Å². The Morgan fingerprint density at radius 1 is 1.00 bits per heavy atom. The van der Waals surface area contributed by atoms with Crippen molar-refractivity contribution in [1.82, 2.24) is 9.80 Å². The summed E-state index contributed by atoms with van der Waals surface area (Å²) in [6.07, 6.45) is 8.31. The molecular weight excluding hydrogens is 298 g/mol. The van der Waals surface area contributed by atoms with E-state index in [0.29, 0.717) is 6.42 Å². The molecule has 1 saturated heterocycles. The zero-order valence-electron chi connectivity index (χ0n) is 14.7. The van der Waals surface area contributed by atoms with Gasteiger partial charge in [0, 0.05) is 44.7 Å². The number of benzene rings is 1. The first kappa shape index (κ1) is 17.4. The Balaban J connectivity index is 1.50. The molecule has 1 aromatic rings. The fourth-order valence-electron chi connectivity index (χ4n) is 4.13. The average molecular weight is 329 g/mol. The van der Waals surface area contributed by atoms with Crippen molar-refractivity contribution in [2.24, 2.45) is 5.73 Å². The summed E-state index contributed by atoms with van der Waals surface area (Å²) in [7, 11) is 0. The first-order valence-electron chi connectivity index (χ1n) is 9.56. The molecule has 24 heavy (non-hydrogen) atoms. The molecule has 1 heterocycles. The minimum absolute atomic E-state index is 0.198. The van der Waals surface area contributed by atoms with E-state index in [2.05, 4.69) is 4.90 Å². The first-order chi connectivity index (χ1) is 11.7. The van der Waals surface area contributed by atoms with Crippen LogP contribution in [0.4, 0.5) is 0 Å². The Hall–Kier alpha value is -1.39. The largest absolute Gasteiger partial charge is 0.341 e. The number of nitrogens with zero attached hydrogens (tertiary/aromatic N) is 2. The van der Waals surface area contributed by atoms with Crippen molar-refractivity contribution in [3.05, 3.63) is 35.9 Å². The van der Waals surface area contributed by atoms with E-state index in [9.17, 15) is 4.79 Å². The second kappa shape index (κ2) is 8.63. The number of hydrogen-bond donors (Lipinski definition) is 1. The van der Waals surface area contributed by atoms with Crippen LogP contribution < -0.4 is 5.73 Å². The fourth-order valence-corrected chi connectivity index (χ4v) is 4.13. The maximum Gasteiger partial charge on any atom is 0.224 e. The molecule has 1 aromatic carbocycles. The zero-order chi connectivity index (χ0) is 16.8. The van der Waals surface area contributed by atoms with Gasteiger partial charge in [0.2, 0.25) is 5.91 Å². The van der Waals surface area contributed by atoms with E-state index in [1.165, 1.54) is 32.1 Å². The number of nitrogens with two attached hydrogens (primary N) is 1. The minimum atomic E-state index is -0.198. The summed E-state index contributed by atoms with van der Waals surface area (Å²) >= 11 is 0. The van der Waals surface area contributed by atoms with Crippen LogP contribution in [0.2, 0.25) is 0 Å². The van der Waals surface area contributed by atoms with Gasteiger partial charge in [-0.15, -0.1) is 0 Å². The third-order valence-electron chi connectivity index (χ3n) is 5.60. The highest BCUT2D eigenvalue weighted by molar-refractivity contribution is 5.77. The summed E-state index contributed by atoms with van der Waals surface area (Å²) in [5, 5.41) is 0. The normalized spacial score (nSPS) is 22.1. The topological polar surface area (TPSA) is 49.6 Å². The van der Waals surface area contributed by atoms with E-state index < -0.39 is 0 Å². The van der Waals surface area contributed by atoms with Gasteiger partial charge in [-0.2, -0.15) is 0 Å². The fraction of sp³-hybridized carbons (Fsp3) is 0.650. The van der Waals surface area contributed by atoms with Gasteiger partial charge in [0.05, 0.1) is 0 Å². The summed E-state index contributed by atoms with van der Waals surface area (Å²) in [6.45, 7) is 3.90. The summed E-state index contributed by atoms with van der Waals surface area (Å²) in [6, 6.07) is 10.5. The Bertz CT molecular complexity index is 513. The molecule has 0 bridgehead atoms. The van der Waals surface area contributed by atoms with Gasteiger partial charge in [0.1, 0.15) is 0 Å². The van der Waals surface area contributed by atoms with E-state index in [-0.39, 0.29) is 11.9 Å². The smallest absolute Gasteiger partial charge is 0.224 e. The van der Waals surface area contributed by atoms with Crippen LogP contribution in [0.3, 0.4) is 0 Å². The average Bonchev–Trinajstić information content (AvgIpc) is 2.89. The summed E-state index contributed by atoms with van der Waals surface area (Å²) in [5.74, 6) is 0.205. The highest BCUT2D eigenvalue weighted by atomic mass is 16.2. The Morgan fingerprint density at radius 3 is 2.50 bits per heavy atom. The molecule has 3 rings (SSSR count). The predicted molar refractivity (Wildman–Crippen MR) is 97.6 cm³/mol. The molecular formula is C20H31N3O. The van der Waals surface area contributed by atoms with Crippen LogP contribution in [0, 0.1) is 0 Å². The molecule has 4 heteroatoms. The third-order valence-corrected chi connectivity index (χ3v) is 5.60. The van der Waals surface area contributed by atoms with Gasteiger partial charge in [0.25, 0.3) is 0 Å². The second-order valence-electron chi connectivity index (χ2n) is 7.28. The van der Waals surface area contributed by atoms with Gasteiger partial charge in [-0.25, -0.2) is 0 Å². The standard InChI is InChI=1S/C20H31N3O/c21-19(17-8-3-1-4-9-17)16-20(24)23-13-7-12-22(14-15-23)18-10-5-2-6-11-18/h1,3-4,8-9,18-19H,2,5-7,10-16,21H2/t19-/m0/s1. The Morgan fingerprint density at radius 2 is 1.75 bits per heavy atom. The van der Waals surface area contributed by atoms with Crippen LogP contribution in [0.1, 0.15) is 56.6 Å². The van der Waals surface area contributed by atoms with Gasteiger partial charge in [0.15, 0.2) is 0 Å². The Labute approximate surface area is 146 Å². The van der Waals surface area contributed by atoms with Crippen molar-refractivity contribution in [3.8, 4) is 0 Å². The molecule has 132 valence electrons. The molecule has 1 aliphatic heterocycles. The minimum Gasteiger partial charge on any atom is -0.341 e. The highest BCUT2D eigenvalue weighted by Gasteiger charge is 2.25. The van der Waals surface area contributed by atoms with Crippen molar-refractivity contribution in [2.75, 3.05) is 26.2 Å². The molecule has 2 aliphatic rings. The van der Waals surface area contributed by atoms with E-state index in [4.69, 9.17) is 5.73 Å². The monoisotopic (exact) mass is 329 g/mol. The number of carbonyl (C=O) groups is 1. The highest BCUT2D eigenvalue weighted by Crippen LogP contribution is 2.24. The lowest BCUT2D eigenvalue weighted by atomic mass is 9.94. The molecule has 2 N–H and O–H groups in total. The predicted octanol–water partition coefficient (Wildman–Crippen LogP) is 2.94. The van der Waals surface area contributed by atoms with Crippen LogP contribution >= 0.6 is 0 Å². The summed E-state index contributed by atoms with van der Waals surface area (Å²) in [5.41, 5.74) is 7.27. The van der Waals surface area contributed by atoms with Crippen LogP contribution in [-0.2, 0) is 4.79 Å². The number of hydrogen-bond acceptors (Lipinski definition) is 3. The molecule has 4 nitrogen and oxygen atoms in total. The van der Waals surface area contributed by atoms with Crippen molar-refractivity contribution in [2.45, 2.75) is 57.0 Å². The number of amides is 1. The third kappa shape index (κ3) is 4.58. The van der Waals surface area contributed by atoms with E-state index in [1.54, 1.807) is 0 Å². The molecule has 0 unspecified atom stereocenters. The molecule has 1 atom stereocenters. The first-order valence-corrected chi connectivity index (χ1v) is 9.56. The molecule has 0 spiro atoms. The number of carbonyl (C=O) groups excluding carboxylic acids is 1. The molecule has 0 radical (unpaired) electrons. The van der Waals surface area contributed by atoms with Crippen molar-refractivity contribution >= 4 is 5.91 Å². The molecule has 0 aromatic heterocycles. The van der Waals surface area contributed by atoms with Crippen molar-refractivity contribution in [1.29, 1.82) is 0 Å². The SMILES string of the molecule is N[C@@H](CC(=O)N1CCCN(C2CCCCC2)CC1)c1ccccc1. The Kier molecular flexibility index (Phi) is 6.27. The van der Waals surface area contributed by atoms with Crippen LogP contribution in [0.25, 0.3) is 0 Å². The van der Waals surface area contributed by atoms with Gasteiger partial charge >= 0.3 is 0 Å². The summed E-state index contributed by atoms with van der Waals surface area (Å²) in [4.78, 5) is 17.3. The maximum absolute atomic E-state index is 12.6. The van der Waals surface area contributed by atoms with Crippen LogP contribution in [-0.4, -0.2) is 47.9 Å². The van der Waals surface area contributed by atoms with E-state index >= 15 is 0 Å². The summed E-state index contributed by atoms with van der Waals surface area (Å²) < 4.78 is 0. The van der Waals surface area contributed by atoms with Gasteiger partial charge in [-0.1, -0.05) is 49.6 Å². The van der Waals surface area contributed by atoms with Crippen LogP contribution in [0.5, 0.6) is 0 Å². The number of rotatable bonds is 4. The second-order valence-corrected chi connectivity index (χ2v) is 7.28. The lowest BCUT2D eigenvalue weighted by molar-refractivity contribution is -0.131. The molecule has 1 aliphatic carbocycles. The van der Waals surface area contributed by atoms with E-state index in [0.717, 1.165) is 44.2 Å². The maximum atomic E-state index is 12.6. The molecule has 2 fully saturated rings. The quantitative estimate of drug-likeness (QED) is 0.924.